The maximum absolute atomic E-state index is 13.4. The molecular formula is C13H17FN2O. The molecule has 4 heteroatoms. The molecule has 0 spiro atoms. The van der Waals surface area contributed by atoms with Gasteiger partial charge in [0, 0.05) is 17.8 Å². The Hall–Kier alpha value is -1.58. The Morgan fingerprint density at radius 2 is 2.24 bits per heavy atom. The molecule has 1 saturated heterocycles. The van der Waals surface area contributed by atoms with Gasteiger partial charge in [0.1, 0.15) is 11.9 Å². The van der Waals surface area contributed by atoms with Gasteiger partial charge in [0.25, 0.3) is 0 Å². The van der Waals surface area contributed by atoms with Gasteiger partial charge in [-0.05, 0) is 38.3 Å². The van der Waals surface area contributed by atoms with Crippen molar-refractivity contribution in [2.45, 2.75) is 32.2 Å². The van der Waals surface area contributed by atoms with Gasteiger partial charge in [0.05, 0.1) is 0 Å². The molecule has 0 saturated carbocycles. The fraction of sp³-hybridized carbons (Fsp3) is 0.462. The third-order valence-corrected chi connectivity index (χ3v) is 3.13. The van der Waals surface area contributed by atoms with Crippen LogP contribution in [-0.4, -0.2) is 18.5 Å². The molecule has 17 heavy (non-hydrogen) atoms. The minimum Gasteiger partial charge on any atom is -0.373 e. The van der Waals surface area contributed by atoms with Gasteiger partial charge >= 0.3 is 0 Å². The number of hydrogen-bond donors (Lipinski definition) is 2. The van der Waals surface area contributed by atoms with Gasteiger partial charge in [-0.1, -0.05) is 6.07 Å². The van der Waals surface area contributed by atoms with Crippen LogP contribution in [0.3, 0.4) is 0 Å². The van der Waals surface area contributed by atoms with Crippen LogP contribution in [0.1, 0.15) is 24.8 Å². The van der Waals surface area contributed by atoms with E-state index in [0.717, 1.165) is 25.8 Å². The molecule has 3 nitrogen and oxygen atoms in total. The largest absolute Gasteiger partial charge is 0.373 e. The van der Waals surface area contributed by atoms with E-state index < -0.39 is 0 Å². The lowest BCUT2D eigenvalue weighted by Gasteiger charge is -2.18. The van der Waals surface area contributed by atoms with Crippen molar-refractivity contribution in [1.82, 2.24) is 5.32 Å². The molecule has 1 atom stereocenters. The SMILES string of the molecule is Cc1c(F)cccc1NC1CCCCNC1=O. The summed E-state index contributed by atoms with van der Waals surface area (Å²) in [5.41, 5.74) is 1.26. The van der Waals surface area contributed by atoms with Gasteiger partial charge in [-0.2, -0.15) is 0 Å². The van der Waals surface area contributed by atoms with Crippen LogP contribution in [0.15, 0.2) is 18.2 Å². The van der Waals surface area contributed by atoms with E-state index in [9.17, 15) is 9.18 Å². The van der Waals surface area contributed by atoms with Crippen molar-refractivity contribution in [3.63, 3.8) is 0 Å². The second-order valence-electron chi connectivity index (χ2n) is 4.40. The summed E-state index contributed by atoms with van der Waals surface area (Å²) in [6.07, 6.45) is 2.80. The number of rotatable bonds is 2. The van der Waals surface area contributed by atoms with Crippen molar-refractivity contribution in [1.29, 1.82) is 0 Å². The molecule has 1 aromatic carbocycles. The van der Waals surface area contributed by atoms with Gasteiger partial charge in [0.15, 0.2) is 0 Å². The lowest BCUT2D eigenvalue weighted by molar-refractivity contribution is -0.121. The van der Waals surface area contributed by atoms with E-state index >= 15 is 0 Å². The summed E-state index contributed by atoms with van der Waals surface area (Å²) >= 11 is 0. The fourth-order valence-electron chi connectivity index (χ4n) is 2.03. The van der Waals surface area contributed by atoms with Gasteiger partial charge in [-0.3, -0.25) is 4.79 Å². The molecule has 92 valence electrons. The minimum atomic E-state index is -0.252. The molecule has 2 rings (SSSR count). The van der Waals surface area contributed by atoms with Gasteiger partial charge < -0.3 is 10.6 Å². The van der Waals surface area contributed by atoms with E-state index in [4.69, 9.17) is 0 Å². The molecule has 2 N–H and O–H groups in total. The number of nitrogens with one attached hydrogen (secondary N) is 2. The number of carbonyl (C=O) groups is 1. The number of carbonyl (C=O) groups excluding carboxylic acids is 1. The predicted molar refractivity (Wildman–Crippen MR) is 65.4 cm³/mol. The number of anilines is 1. The zero-order valence-electron chi connectivity index (χ0n) is 9.92. The molecule has 0 radical (unpaired) electrons. The van der Waals surface area contributed by atoms with Crippen molar-refractivity contribution in [2.75, 3.05) is 11.9 Å². The maximum Gasteiger partial charge on any atom is 0.242 e. The van der Waals surface area contributed by atoms with Gasteiger partial charge in [0.2, 0.25) is 5.91 Å². The summed E-state index contributed by atoms with van der Waals surface area (Å²) in [4.78, 5) is 11.7. The molecule has 1 unspecified atom stereocenters. The molecule has 0 bridgehead atoms. The predicted octanol–water partition coefficient (Wildman–Crippen LogP) is 2.21. The Balaban J connectivity index is 2.13. The fourth-order valence-corrected chi connectivity index (χ4v) is 2.03. The first-order valence-electron chi connectivity index (χ1n) is 5.98. The molecule has 1 aromatic rings. The summed E-state index contributed by atoms with van der Waals surface area (Å²) in [5.74, 6) is -0.241. The lowest BCUT2D eigenvalue weighted by Crippen LogP contribution is -2.38. The van der Waals surface area contributed by atoms with Crippen LogP contribution in [0.5, 0.6) is 0 Å². The summed E-state index contributed by atoms with van der Waals surface area (Å²) < 4.78 is 13.4. The Morgan fingerprint density at radius 3 is 3.06 bits per heavy atom. The Morgan fingerprint density at radius 1 is 1.41 bits per heavy atom. The summed E-state index contributed by atoms with van der Waals surface area (Å²) in [5, 5.41) is 5.98. The second-order valence-corrected chi connectivity index (χ2v) is 4.40. The summed E-state index contributed by atoms with van der Waals surface area (Å²) in [6, 6.07) is 4.63. The average Bonchev–Trinajstić information content (AvgIpc) is 2.51. The van der Waals surface area contributed by atoms with Crippen molar-refractivity contribution >= 4 is 11.6 Å². The van der Waals surface area contributed by atoms with Crippen LogP contribution in [0.25, 0.3) is 0 Å². The van der Waals surface area contributed by atoms with E-state index in [1.165, 1.54) is 6.07 Å². The van der Waals surface area contributed by atoms with Crippen molar-refractivity contribution in [3.8, 4) is 0 Å². The third kappa shape index (κ3) is 2.75. The first-order chi connectivity index (χ1) is 8.18. The highest BCUT2D eigenvalue weighted by molar-refractivity contribution is 5.85. The standard InChI is InChI=1S/C13H17FN2O/c1-9-10(14)5-4-7-11(9)16-12-6-2-3-8-15-13(12)17/h4-5,7,12,16H,2-3,6,8H2,1H3,(H,15,17). The van der Waals surface area contributed by atoms with E-state index in [1.807, 2.05) is 0 Å². The highest BCUT2D eigenvalue weighted by Gasteiger charge is 2.20. The van der Waals surface area contributed by atoms with Crippen LogP contribution in [0.2, 0.25) is 0 Å². The molecule has 0 aliphatic carbocycles. The summed E-state index contributed by atoms with van der Waals surface area (Å²) in [6.45, 7) is 2.45. The zero-order valence-corrected chi connectivity index (χ0v) is 9.92. The first kappa shape index (κ1) is 11.9. The second kappa shape index (κ2) is 5.17. The van der Waals surface area contributed by atoms with Crippen LogP contribution in [0.4, 0.5) is 10.1 Å². The molecule has 1 aliphatic heterocycles. The normalized spacial score (nSPS) is 20.6. The van der Waals surface area contributed by atoms with Crippen LogP contribution in [-0.2, 0) is 4.79 Å². The van der Waals surface area contributed by atoms with Gasteiger partial charge in [-0.15, -0.1) is 0 Å². The quantitative estimate of drug-likeness (QED) is 0.826. The third-order valence-electron chi connectivity index (χ3n) is 3.13. The highest BCUT2D eigenvalue weighted by Crippen LogP contribution is 2.20. The van der Waals surface area contributed by atoms with Crippen LogP contribution < -0.4 is 10.6 Å². The molecular weight excluding hydrogens is 219 g/mol. The van der Waals surface area contributed by atoms with Crippen LogP contribution in [0, 0.1) is 12.7 Å². The van der Waals surface area contributed by atoms with Crippen molar-refractivity contribution < 1.29 is 9.18 Å². The molecule has 1 amide bonds. The molecule has 1 aliphatic rings. The minimum absolute atomic E-state index is 0.00570. The number of benzene rings is 1. The van der Waals surface area contributed by atoms with Crippen LogP contribution >= 0.6 is 0 Å². The van der Waals surface area contributed by atoms with E-state index in [2.05, 4.69) is 10.6 Å². The van der Waals surface area contributed by atoms with E-state index in [0.29, 0.717) is 11.3 Å². The van der Waals surface area contributed by atoms with Crippen molar-refractivity contribution in [2.24, 2.45) is 0 Å². The Labute approximate surface area is 100 Å². The number of amides is 1. The lowest BCUT2D eigenvalue weighted by atomic mass is 10.1. The number of halogens is 1. The van der Waals surface area contributed by atoms with Gasteiger partial charge in [-0.25, -0.2) is 4.39 Å². The topological polar surface area (TPSA) is 41.1 Å². The van der Waals surface area contributed by atoms with Crippen molar-refractivity contribution in [3.05, 3.63) is 29.6 Å². The smallest absolute Gasteiger partial charge is 0.242 e. The molecule has 1 heterocycles. The number of hydrogen-bond acceptors (Lipinski definition) is 2. The van der Waals surface area contributed by atoms with E-state index in [1.54, 1.807) is 19.1 Å². The Kier molecular flexibility index (Phi) is 3.61. The maximum atomic E-state index is 13.4. The first-order valence-corrected chi connectivity index (χ1v) is 5.98. The molecule has 0 aromatic heterocycles. The zero-order chi connectivity index (χ0) is 12.3. The highest BCUT2D eigenvalue weighted by atomic mass is 19.1. The average molecular weight is 236 g/mol. The molecule has 1 fully saturated rings. The Bertz CT molecular complexity index is 420. The van der Waals surface area contributed by atoms with E-state index in [-0.39, 0.29) is 17.8 Å². The monoisotopic (exact) mass is 236 g/mol. The summed E-state index contributed by atoms with van der Waals surface area (Å²) in [7, 11) is 0.